The first kappa shape index (κ1) is 37.5. The van der Waals surface area contributed by atoms with Crippen molar-refractivity contribution in [3.8, 4) is 22.8 Å². The maximum Gasteiger partial charge on any atom is 0.417 e. The van der Waals surface area contributed by atoms with E-state index in [-0.39, 0.29) is 47.1 Å². The number of nitrogens with one attached hydrogen (secondary N) is 1. The molecule has 0 saturated heterocycles. The second kappa shape index (κ2) is 15.4. The molecule has 15 heteroatoms. The Labute approximate surface area is 312 Å². The molecular formula is C38H37BrF3N7O4. The fourth-order valence-electron chi connectivity index (χ4n) is 6.05. The quantitative estimate of drug-likeness (QED) is 0.180. The molecule has 1 N–H and O–H groups in total. The molecule has 1 aliphatic heterocycles. The molecule has 276 valence electrons. The van der Waals surface area contributed by atoms with Crippen LogP contribution in [0.1, 0.15) is 51.5 Å². The van der Waals surface area contributed by atoms with Crippen LogP contribution >= 0.6 is 15.9 Å². The van der Waals surface area contributed by atoms with E-state index in [0.29, 0.717) is 29.4 Å². The number of likely N-dealkylation sites (N-methyl/N-ethyl adjacent to an activating group) is 1. The zero-order chi connectivity index (χ0) is 38.0. The summed E-state index contributed by atoms with van der Waals surface area (Å²) in [6.07, 6.45) is -1.45. The Kier molecular flexibility index (Phi) is 10.9. The van der Waals surface area contributed by atoms with Gasteiger partial charge in [-0.1, -0.05) is 40.2 Å². The first-order chi connectivity index (χ1) is 25.2. The molecule has 2 atom stereocenters. The van der Waals surface area contributed by atoms with Gasteiger partial charge in [-0.3, -0.25) is 18.7 Å². The van der Waals surface area contributed by atoms with Crippen molar-refractivity contribution < 1.29 is 27.5 Å². The van der Waals surface area contributed by atoms with Crippen molar-refractivity contribution in [1.82, 2.24) is 34.2 Å². The Morgan fingerprint density at radius 1 is 1.04 bits per heavy atom. The lowest BCUT2D eigenvalue weighted by Gasteiger charge is -2.34. The molecule has 2 aromatic heterocycles. The number of nitrogens with zero attached hydrogens (tertiary/aromatic N) is 6. The molecule has 0 bridgehead atoms. The van der Waals surface area contributed by atoms with Gasteiger partial charge < -0.3 is 19.9 Å². The number of halogens is 4. The summed E-state index contributed by atoms with van der Waals surface area (Å²) < 4.78 is 49.7. The molecule has 2 amide bonds. The van der Waals surface area contributed by atoms with E-state index in [0.717, 1.165) is 11.6 Å². The van der Waals surface area contributed by atoms with Crippen LogP contribution in [-0.2, 0) is 25.8 Å². The molecule has 53 heavy (non-hydrogen) atoms. The van der Waals surface area contributed by atoms with Gasteiger partial charge in [0.05, 0.1) is 23.5 Å². The number of alkyl halides is 3. The van der Waals surface area contributed by atoms with Gasteiger partial charge in [-0.15, -0.1) is 0 Å². The van der Waals surface area contributed by atoms with Crippen LogP contribution in [-0.4, -0.2) is 73.5 Å². The van der Waals surface area contributed by atoms with Gasteiger partial charge in [0, 0.05) is 53.2 Å². The summed E-state index contributed by atoms with van der Waals surface area (Å²) in [4.78, 5) is 54.4. The largest absolute Gasteiger partial charge is 0.492 e. The number of hydrogen-bond donors (Lipinski definition) is 1. The van der Waals surface area contributed by atoms with E-state index >= 15 is 0 Å². The minimum atomic E-state index is -4.69. The number of aromatic nitrogens is 4. The molecule has 0 spiro atoms. The normalized spacial score (nSPS) is 14.9. The molecule has 3 heterocycles. The third-order valence-corrected chi connectivity index (χ3v) is 9.96. The van der Waals surface area contributed by atoms with E-state index in [9.17, 15) is 27.6 Å². The standard InChI is InChI=1S/C38H37BrF3N7O4/c1-23-20-48-32(21-47(23)36(51)25-10-15-31(39)30(18-25)38(40,41)42)33(35(50)45-19-26-8-5-6-9-29(26)34-43-16-7-17-44-34)49(37(48)52)27-11-13-28(14-12-27)53-22-24(2)46(3)4/h5-18,23-24H,19-22H2,1-4H3,(H,45,50)/t23-,24-/m1/s1. The number of fused-ring (bicyclic) bond motifs is 1. The number of amides is 2. The summed E-state index contributed by atoms with van der Waals surface area (Å²) in [6.45, 7) is 4.02. The lowest BCUT2D eigenvalue weighted by Crippen LogP contribution is -2.47. The maximum absolute atomic E-state index is 14.3. The Bertz CT molecular complexity index is 2190. The van der Waals surface area contributed by atoms with Gasteiger partial charge in [-0.05, 0) is 82.0 Å². The molecule has 0 saturated carbocycles. The Morgan fingerprint density at radius 3 is 2.42 bits per heavy atom. The smallest absolute Gasteiger partial charge is 0.417 e. The predicted octanol–water partition coefficient (Wildman–Crippen LogP) is 6.18. The molecule has 3 aromatic carbocycles. The molecule has 0 radical (unpaired) electrons. The highest BCUT2D eigenvalue weighted by atomic mass is 79.9. The van der Waals surface area contributed by atoms with Gasteiger partial charge in [0.15, 0.2) is 5.82 Å². The summed E-state index contributed by atoms with van der Waals surface area (Å²) in [7, 11) is 3.90. The molecule has 5 aromatic rings. The number of rotatable bonds is 10. The van der Waals surface area contributed by atoms with Crippen LogP contribution in [0.15, 0.2) is 94.5 Å². The number of benzene rings is 3. The monoisotopic (exact) mass is 791 g/mol. The predicted molar refractivity (Wildman–Crippen MR) is 196 cm³/mol. The second-order valence-corrected chi connectivity index (χ2v) is 13.9. The number of carbonyl (C=O) groups is 2. The Hall–Kier alpha value is -5.28. The van der Waals surface area contributed by atoms with Crippen molar-refractivity contribution in [1.29, 1.82) is 0 Å². The average Bonchev–Trinajstić information content (AvgIpc) is 3.43. The Balaban J connectivity index is 1.38. The highest BCUT2D eigenvalue weighted by Crippen LogP contribution is 2.36. The Morgan fingerprint density at radius 2 is 1.74 bits per heavy atom. The third-order valence-electron chi connectivity index (χ3n) is 9.27. The summed E-state index contributed by atoms with van der Waals surface area (Å²) in [5.74, 6) is -0.214. The number of carbonyl (C=O) groups excluding carboxylic acids is 2. The van der Waals surface area contributed by atoms with Crippen molar-refractivity contribution in [3.05, 3.63) is 128 Å². The zero-order valence-corrected chi connectivity index (χ0v) is 31.0. The summed E-state index contributed by atoms with van der Waals surface area (Å²) >= 11 is 2.93. The van der Waals surface area contributed by atoms with Crippen LogP contribution in [0.3, 0.4) is 0 Å². The van der Waals surface area contributed by atoms with Crippen molar-refractivity contribution >= 4 is 27.7 Å². The molecule has 1 aliphatic rings. The van der Waals surface area contributed by atoms with Crippen molar-refractivity contribution in [2.45, 2.75) is 51.7 Å². The summed E-state index contributed by atoms with van der Waals surface area (Å²) in [5.41, 5.74) is 0.405. The lowest BCUT2D eigenvalue weighted by atomic mass is 10.1. The number of hydrogen-bond acceptors (Lipinski definition) is 7. The van der Waals surface area contributed by atoms with E-state index < -0.39 is 35.3 Å². The second-order valence-electron chi connectivity index (χ2n) is 13.0. The SMILES string of the molecule is C[C@H](COc1ccc(-n2c(C(=O)NCc3ccccc3-c3ncccn3)c3n(c2=O)C[C@@H](C)N(C(=O)c2ccc(Br)c(C(F)(F)F)c2)C3)cc1)N(C)C. The van der Waals surface area contributed by atoms with Crippen molar-refractivity contribution in [2.24, 2.45) is 0 Å². The van der Waals surface area contributed by atoms with Crippen LogP contribution in [0.4, 0.5) is 13.2 Å². The molecule has 0 fully saturated rings. The van der Waals surface area contributed by atoms with Crippen molar-refractivity contribution in [3.63, 3.8) is 0 Å². The summed E-state index contributed by atoms with van der Waals surface area (Å²) in [5, 5.41) is 2.94. The minimum Gasteiger partial charge on any atom is -0.492 e. The van der Waals surface area contributed by atoms with Gasteiger partial charge in [-0.25, -0.2) is 14.8 Å². The van der Waals surface area contributed by atoms with E-state index in [1.165, 1.54) is 26.2 Å². The lowest BCUT2D eigenvalue weighted by molar-refractivity contribution is -0.138. The molecule has 6 rings (SSSR count). The average molecular weight is 793 g/mol. The topological polar surface area (TPSA) is 115 Å². The van der Waals surface area contributed by atoms with Crippen LogP contribution in [0.5, 0.6) is 5.75 Å². The van der Waals surface area contributed by atoms with E-state index in [1.54, 1.807) is 49.6 Å². The van der Waals surface area contributed by atoms with Gasteiger partial charge in [0.1, 0.15) is 18.1 Å². The third kappa shape index (κ3) is 7.90. The molecule has 11 nitrogen and oxygen atoms in total. The zero-order valence-electron chi connectivity index (χ0n) is 29.4. The highest BCUT2D eigenvalue weighted by Gasteiger charge is 2.37. The fraction of sp³-hybridized carbons (Fsp3) is 0.289. The van der Waals surface area contributed by atoms with Crippen LogP contribution < -0.4 is 15.7 Å². The summed E-state index contributed by atoms with van der Waals surface area (Å²) in [6, 6.07) is 18.7. The first-order valence-electron chi connectivity index (χ1n) is 16.8. The van der Waals surface area contributed by atoms with E-state index in [2.05, 4.69) is 31.2 Å². The van der Waals surface area contributed by atoms with Gasteiger partial charge in [0.25, 0.3) is 11.8 Å². The van der Waals surface area contributed by atoms with Crippen LogP contribution in [0.2, 0.25) is 0 Å². The molecular weight excluding hydrogens is 755 g/mol. The van der Waals surface area contributed by atoms with E-state index in [4.69, 9.17) is 4.74 Å². The highest BCUT2D eigenvalue weighted by molar-refractivity contribution is 9.10. The first-order valence-corrected chi connectivity index (χ1v) is 17.6. The maximum atomic E-state index is 14.3. The van der Waals surface area contributed by atoms with Crippen LogP contribution in [0.25, 0.3) is 17.1 Å². The molecule has 0 aliphatic carbocycles. The number of imidazole rings is 1. The number of ether oxygens (including phenoxy) is 1. The minimum absolute atomic E-state index is 0.00479. The van der Waals surface area contributed by atoms with Gasteiger partial charge in [0.2, 0.25) is 0 Å². The molecule has 0 unspecified atom stereocenters. The van der Waals surface area contributed by atoms with Gasteiger partial charge in [-0.2, -0.15) is 13.2 Å². The van der Waals surface area contributed by atoms with Crippen LogP contribution in [0, 0.1) is 0 Å². The van der Waals surface area contributed by atoms with Crippen molar-refractivity contribution in [2.75, 3.05) is 20.7 Å². The fourth-order valence-corrected chi connectivity index (χ4v) is 6.52. The van der Waals surface area contributed by atoms with E-state index in [1.807, 2.05) is 50.2 Å². The van der Waals surface area contributed by atoms with Gasteiger partial charge >= 0.3 is 11.9 Å².